The van der Waals surface area contributed by atoms with Gasteiger partial charge in [-0.3, -0.25) is 4.79 Å². The number of nitrogens with two attached hydrogens (primary N) is 1. The fourth-order valence-corrected chi connectivity index (χ4v) is 5.35. The Morgan fingerprint density at radius 2 is 1.93 bits per heavy atom. The van der Waals surface area contributed by atoms with Gasteiger partial charge in [0.25, 0.3) is 12.5 Å². The molecule has 1 saturated carbocycles. The van der Waals surface area contributed by atoms with Crippen molar-refractivity contribution in [3.8, 4) is 11.1 Å². The zero-order valence-electron chi connectivity index (χ0n) is 17.0. The summed E-state index contributed by atoms with van der Waals surface area (Å²) in [4.78, 5) is 21.6. The standard InChI is InChI=1S/C21H24N4O2.CH2O2/c1-26-17-4-6-20(7-5-17)9-15-3-2-14(16-10-23-13-24-11-16)8-18(15)21(20)12-27-19(22)25-21;2-1-3/h2-3,8,10-11,13,17H,4-7,9,12H2,1H3,(H2,22,25);1H,(H,2,3). The van der Waals surface area contributed by atoms with Crippen LogP contribution in [0.25, 0.3) is 11.1 Å². The number of ether oxygens (including phenoxy) is 2. The summed E-state index contributed by atoms with van der Waals surface area (Å²) in [6, 6.07) is 6.95. The maximum Gasteiger partial charge on any atom is 0.290 e. The van der Waals surface area contributed by atoms with E-state index in [0.29, 0.717) is 18.7 Å². The van der Waals surface area contributed by atoms with Gasteiger partial charge in [0.2, 0.25) is 0 Å². The number of aliphatic imine (C=N–C) groups is 1. The van der Waals surface area contributed by atoms with Crippen LogP contribution in [0.5, 0.6) is 0 Å². The van der Waals surface area contributed by atoms with E-state index < -0.39 is 5.54 Å². The minimum atomic E-state index is -0.392. The first-order valence-corrected chi connectivity index (χ1v) is 10.0. The Labute approximate surface area is 175 Å². The minimum Gasteiger partial charge on any atom is -0.483 e. The molecule has 1 fully saturated rings. The van der Waals surface area contributed by atoms with Crippen molar-refractivity contribution in [2.75, 3.05) is 13.7 Å². The Morgan fingerprint density at radius 3 is 2.53 bits per heavy atom. The Morgan fingerprint density at radius 1 is 1.23 bits per heavy atom. The summed E-state index contributed by atoms with van der Waals surface area (Å²) in [5, 5.41) is 6.89. The van der Waals surface area contributed by atoms with E-state index in [4.69, 9.17) is 30.1 Å². The third-order valence-electron chi connectivity index (χ3n) is 6.81. The Kier molecular flexibility index (Phi) is 5.42. The first-order valence-electron chi connectivity index (χ1n) is 10.0. The smallest absolute Gasteiger partial charge is 0.290 e. The summed E-state index contributed by atoms with van der Waals surface area (Å²) in [7, 11) is 1.81. The summed E-state index contributed by atoms with van der Waals surface area (Å²) in [5.41, 5.74) is 10.4. The molecule has 0 radical (unpaired) electrons. The van der Waals surface area contributed by atoms with E-state index in [1.54, 1.807) is 6.33 Å². The lowest BCUT2D eigenvalue weighted by Gasteiger charge is -2.45. The van der Waals surface area contributed by atoms with Crippen molar-refractivity contribution in [3.63, 3.8) is 0 Å². The highest BCUT2D eigenvalue weighted by Gasteiger charge is 2.61. The van der Waals surface area contributed by atoms with Crippen molar-refractivity contribution >= 4 is 12.5 Å². The molecule has 1 aromatic carbocycles. The summed E-state index contributed by atoms with van der Waals surface area (Å²) < 4.78 is 11.4. The van der Waals surface area contributed by atoms with Crippen molar-refractivity contribution in [2.24, 2.45) is 16.1 Å². The van der Waals surface area contributed by atoms with Gasteiger partial charge in [0.05, 0.1) is 6.10 Å². The molecule has 1 atom stereocenters. The van der Waals surface area contributed by atoms with Gasteiger partial charge in [0.1, 0.15) is 18.5 Å². The van der Waals surface area contributed by atoms with E-state index in [1.807, 2.05) is 19.5 Å². The van der Waals surface area contributed by atoms with Crippen molar-refractivity contribution in [1.29, 1.82) is 0 Å². The molecule has 0 saturated heterocycles. The lowest BCUT2D eigenvalue weighted by molar-refractivity contribution is -0.122. The zero-order valence-corrected chi connectivity index (χ0v) is 17.0. The van der Waals surface area contributed by atoms with Crippen molar-refractivity contribution < 1.29 is 19.4 Å². The van der Waals surface area contributed by atoms with E-state index in [2.05, 4.69) is 28.2 Å². The van der Waals surface area contributed by atoms with E-state index >= 15 is 0 Å². The molecule has 2 heterocycles. The fourth-order valence-electron chi connectivity index (χ4n) is 5.35. The maximum atomic E-state index is 8.36. The quantitative estimate of drug-likeness (QED) is 0.730. The van der Waals surface area contributed by atoms with Gasteiger partial charge >= 0.3 is 0 Å². The molecule has 158 valence electrons. The van der Waals surface area contributed by atoms with Crippen molar-refractivity contribution in [1.82, 2.24) is 9.97 Å². The van der Waals surface area contributed by atoms with Crippen LogP contribution in [-0.4, -0.2) is 47.4 Å². The Balaban J connectivity index is 0.000000687. The highest BCUT2D eigenvalue weighted by Crippen LogP contribution is 2.61. The number of carboxylic acid groups (broad SMARTS) is 1. The molecule has 1 unspecified atom stereocenters. The summed E-state index contributed by atoms with van der Waals surface area (Å²) in [5.74, 6) is 0. The molecular formula is C22H26N4O4. The molecule has 1 aliphatic heterocycles. The minimum absolute atomic E-state index is 0.0529. The number of nitrogens with zero attached hydrogens (tertiary/aromatic N) is 3. The molecule has 1 aromatic heterocycles. The van der Waals surface area contributed by atoms with Crippen LogP contribution in [-0.2, 0) is 26.2 Å². The average molecular weight is 410 g/mol. The van der Waals surface area contributed by atoms with E-state index in [1.165, 1.54) is 11.1 Å². The van der Waals surface area contributed by atoms with Gasteiger partial charge in [-0.15, -0.1) is 0 Å². The zero-order chi connectivity index (χ0) is 21.2. The first-order chi connectivity index (χ1) is 14.6. The average Bonchev–Trinajstić information content (AvgIpc) is 3.29. The molecule has 3 aliphatic rings. The van der Waals surface area contributed by atoms with Crippen LogP contribution in [0.1, 0.15) is 36.8 Å². The van der Waals surface area contributed by atoms with Gasteiger partial charge in [-0.25, -0.2) is 15.0 Å². The van der Waals surface area contributed by atoms with Crippen molar-refractivity contribution in [2.45, 2.75) is 43.7 Å². The van der Waals surface area contributed by atoms with Gasteiger partial charge in [0, 0.05) is 30.5 Å². The lowest BCUT2D eigenvalue weighted by Crippen LogP contribution is -2.46. The molecule has 3 N–H and O–H groups in total. The third-order valence-corrected chi connectivity index (χ3v) is 6.81. The van der Waals surface area contributed by atoms with Crippen LogP contribution in [0.4, 0.5) is 0 Å². The predicted molar refractivity (Wildman–Crippen MR) is 111 cm³/mol. The summed E-state index contributed by atoms with van der Waals surface area (Å²) in [6.07, 6.45) is 10.9. The number of hydrogen-bond acceptors (Lipinski definition) is 7. The second-order valence-corrected chi connectivity index (χ2v) is 8.10. The second-order valence-electron chi connectivity index (χ2n) is 8.10. The molecule has 0 bridgehead atoms. The lowest BCUT2D eigenvalue weighted by atomic mass is 9.62. The van der Waals surface area contributed by atoms with Gasteiger partial charge in [-0.05, 0) is 54.9 Å². The molecule has 8 heteroatoms. The van der Waals surface area contributed by atoms with Crippen molar-refractivity contribution in [3.05, 3.63) is 48.0 Å². The van der Waals surface area contributed by atoms with E-state index in [9.17, 15) is 0 Å². The number of hydrogen-bond donors (Lipinski definition) is 2. The molecule has 2 spiro atoms. The monoisotopic (exact) mass is 410 g/mol. The number of rotatable bonds is 2. The predicted octanol–water partition coefficient (Wildman–Crippen LogP) is 2.52. The molecule has 2 aromatic rings. The van der Waals surface area contributed by atoms with Gasteiger partial charge < -0.3 is 20.3 Å². The highest BCUT2D eigenvalue weighted by atomic mass is 16.5. The van der Waals surface area contributed by atoms with Gasteiger partial charge in [0.15, 0.2) is 0 Å². The van der Waals surface area contributed by atoms with Crippen LogP contribution in [0.2, 0.25) is 0 Å². The van der Waals surface area contributed by atoms with Crippen LogP contribution in [0.3, 0.4) is 0 Å². The molecule has 30 heavy (non-hydrogen) atoms. The first kappa shape index (κ1) is 20.3. The van der Waals surface area contributed by atoms with E-state index in [0.717, 1.165) is 43.2 Å². The summed E-state index contributed by atoms with van der Waals surface area (Å²) >= 11 is 0. The van der Waals surface area contributed by atoms with Crippen LogP contribution in [0, 0.1) is 5.41 Å². The van der Waals surface area contributed by atoms with Gasteiger partial charge in [-0.2, -0.15) is 0 Å². The number of amidine groups is 1. The largest absolute Gasteiger partial charge is 0.483 e. The third kappa shape index (κ3) is 3.21. The number of carbonyl (C=O) groups is 1. The van der Waals surface area contributed by atoms with Crippen LogP contribution < -0.4 is 5.73 Å². The topological polar surface area (TPSA) is 120 Å². The number of benzene rings is 1. The molecule has 8 nitrogen and oxygen atoms in total. The number of aromatic nitrogens is 2. The van der Waals surface area contributed by atoms with Crippen LogP contribution >= 0.6 is 0 Å². The molecule has 5 rings (SSSR count). The fraction of sp³-hybridized carbons (Fsp3) is 0.455. The number of fused-ring (bicyclic) bond motifs is 3. The molecule has 0 amide bonds. The highest BCUT2D eigenvalue weighted by molar-refractivity contribution is 5.75. The molecule has 2 aliphatic carbocycles. The molecular weight excluding hydrogens is 384 g/mol. The summed E-state index contributed by atoms with van der Waals surface area (Å²) in [6.45, 7) is 0.276. The normalized spacial score (nSPS) is 29.0. The number of methoxy groups -OCH3 is 1. The van der Waals surface area contributed by atoms with E-state index in [-0.39, 0.29) is 11.9 Å². The van der Waals surface area contributed by atoms with Crippen LogP contribution in [0.15, 0.2) is 41.9 Å². The maximum absolute atomic E-state index is 8.36. The second kappa shape index (κ2) is 8.02. The Bertz CT molecular complexity index is 941. The van der Waals surface area contributed by atoms with Gasteiger partial charge in [-0.1, -0.05) is 12.1 Å². The SMILES string of the molecule is COC1CCC2(CC1)Cc1ccc(-c3cncnc3)cc1C21COC(N)=N1.O=CO. The Hall–Kier alpha value is -3.00.